The van der Waals surface area contributed by atoms with Crippen LogP contribution in [-0.4, -0.2) is 41.0 Å². The molecule has 1 aromatic heterocycles. The van der Waals surface area contributed by atoms with Crippen molar-refractivity contribution in [1.29, 1.82) is 0 Å². The van der Waals surface area contributed by atoms with Gasteiger partial charge in [0.15, 0.2) is 0 Å². The number of likely N-dealkylation sites (N-methyl/N-ethyl adjacent to an activating group) is 1. The Morgan fingerprint density at radius 3 is 2.86 bits per heavy atom. The van der Waals surface area contributed by atoms with E-state index in [2.05, 4.69) is 34.3 Å². The molecule has 2 aromatic rings. The molecule has 1 heterocycles. The van der Waals surface area contributed by atoms with Gasteiger partial charge in [-0.15, -0.1) is 0 Å². The molecule has 0 saturated heterocycles. The molecule has 1 saturated carbocycles. The van der Waals surface area contributed by atoms with E-state index >= 15 is 0 Å². The molecule has 1 fully saturated rings. The highest BCUT2D eigenvalue weighted by Gasteiger charge is 2.27. The number of rotatable bonds is 3. The zero-order chi connectivity index (χ0) is 15.7. The Kier molecular flexibility index (Phi) is 4.11. The van der Waals surface area contributed by atoms with E-state index < -0.39 is 11.4 Å². The number of fused-ring (bicyclic) bond motifs is 1. The number of aromatic amines is 1. The fourth-order valence-electron chi connectivity index (χ4n) is 3.29. The summed E-state index contributed by atoms with van der Waals surface area (Å²) < 4.78 is 13.7. The summed E-state index contributed by atoms with van der Waals surface area (Å²) in [4.78, 5) is 21.3. The molecule has 0 amide bonds. The molecule has 0 spiro atoms. The van der Waals surface area contributed by atoms with Crippen LogP contribution >= 0.6 is 0 Å². The number of hydrogen-bond acceptors (Lipinski definition) is 4. The smallest absolute Gasteiger partial charge is 0.263 e. The highest BCUT2D eigenvalue weighted by atomic mass is 19.1. The van der Waals surface area contributed by atoms with Gasteiger partial charge in [-0.05, 0) is 39.1 Å². The van der Waals surface area contributed by atoms with E-state index in [1.165, 1.54) is 12.5 Å². The summed E-state index contributed by atoms with van der Waals surface area (Å²) in [6, 6.07) is 5.13. The Morgan fingerprint density at radius 2 is 2.09 bits per heavy atom. The molecule has 1 aromatic carbocycles. The number of halogens is 1. The summed E-state index contributed by atoms with van der Waals surface area (Å²) in [7, 11) is 4.13. The van der Waals surface area contributed by atoms with Gasteiger partial charge in [-0.2, -0.15) is 0 Å². The molecule has 2 atom stereocenters. The first-order valence-corrected chi connectivity index (χ1v) is 7.68. The van der Waals surface area contributed by atoms with Gasteiger partial charge < -0.3 is 10.2 Å². The second kappa shape index (κ2) is 6.04. The van der Waals surface area contributed by atoms with E-state index in [0.29, 0.717) is 17.5 Å². The van der Waals surface area contributed by atoms with Crippen molar-refractivity contribution in [2.45, 2.75) is 37.8 Å². The third-order valence-corrected chi connectivity index (χ3v) is 4.40. The Labute approximate surface area is 128 Å². The molecule has 0 bridgehead atoms. The summed E-state index contributed by atoms with van der Waals surface area (Å²) in [6.45, 7) is 0. The predicted molar refractivity (Wildman–Crippen MR) is 85.7 cm³/mol. The van der Waals surface area contributed by atoms with Crippen LogP contribution in [0.3, 0.4) is 0 Å². The largest absolute Gasteiger partial charge is 0.351 e. The maximum Gasteiger partial charge on any atom is 0.263 e. The summed E-state index contributed by atoms with van der Waals surface area (Å²) in [5.74, 6) is -0.122. The van der Waals surface area contributed by atoms with Crippen molar-refractivity contribution >= 4 is 16.9 Å². The topological polar surface area (TPSA) is 61.0 Å². The van der Waals surface area contributed by atoms with E-state index in [-0.39, 0.29) is 11.4 Å². The third kappa shape index (κ3) is 2.83. The Hall–Kier alpha value is -1.95. The lowest BCUT2D eigenvalue weighted by Gasteiger charge is -2.36. The lowest BCUT2D eigenvalue weighted by Crippen LogP contribution is -2.45. The monoisotopic (exact) mass is 304 g/mol. The molecule has 1 aliphatic rings. The van der Waals surface area contributed by atoms with Crippen molar-refractivity contribution in [1.82, 2.24) is 14.9 Å². The minimum atomic E-state index is -0.540. The van der Waals surface area contributed by atoms with Gasteiger partial charge in [-0.25, -0.2) is 9.37 Å². The highest BCUT2D eigenvalue weighted by Crippen LogP contribution is 2.24. The Bertz CT molecular complexity index is 728. The Balaban J connectivity index is 1.92. The van der Waals surface area contributed by atoms with Gasteiger partial charge in [-0.1, -0.05) is 18.9 Å². The van der Waals surface area contributed by atoms with Crippen molar-refractivity contribution < 1.29 is 4.39 Å². The average Bonchev–Trinajstić information content (AvgIpc) is 2.47. The van der Waals surface area contributed by atoms with Crippen LogP contribution in [0.4, 0.5) is 10.3 Å². The fraction of sp³-hybridized carbons (Fsp3) is 0.500. The number of hydrogen-bond donors (Lipinski definition) is 2. The van der Waals surface area contributed by atoms with E-state index in [9.17, 15) is 9.18 Å². The molecular weight excluding hydrogens is 283 g/mol. The summed E-state index contributed by atoms with van der Waals surface area (Å²) in [5, 5.41) is 3.35. The van der Waals surface area contributed by atoms with Crippen molar-refractivity contribution in [2.75, 3.05) is 19.4 Å². The fourth-order valence-corrected chi connectivity index (χ4v) is 3.29. The SMILES string of the molecule is CN(C)C1CCCCC1Nc1nc2cccc(F)c2c(=O)[nH]1. The van der Waals surface area contributed by atoms with Crippen LogP contribution in [0.25, 0.3) is 10.9 Å². The van der Waals surface area contributed by atoms with Crippen LogP contribution in [-0.2, 0) is 0 Å². The zero-order valence-electron chi connectivity index (χ0n) is 12.9. The van der Waals surface area contributed by atoms with Crippen LogP contribution in [0.5, 0.6) is 0 Å². The molecule has 5 nitrogen and oxygen atoms in total. The maximum atomic E-state index is 13.7. The molecule has 0 radical (unpaired) electrons. The Morgan fingerprint density at radius 1 is 1.32 bits per heavy atom. The minimum absolute atomic E-state index is 0.0147. The van der Waals surface area contributed by atoms with E-state index in [4.69, 9.17) is 0 Å². The molecule has 118 valence electrons. The molecule has 22 heavy (non-hydrogen) atoms. The van der Waals surface area contributed by atoms with Crippen LogP contribution < -0.4 is 10.9 Å². The minimum Gasteiger partial charge on any atom is -0.351 e. The van der Waals surface area contributed by atoms with Gasteiger partial charge in [0.1, 0.15) is 11.2 Å². The molecule has 2 unspecified atom stereocenters. The third-order valence-electron chi connectivity index (χ3n) is 4.40. The predicted octanol–water partition coefficient (Wildman–Crippen LogP) is 2.35. The second-order valence-corrected chi connectivity index (χ2v) is 6.11. The zero-order valence-corrected chi connectivity index (χ0v) is 12.9. The van der Waals surface area contributed by atoms with Gasteiger partial charge >= 0.3 is 0 Å². The first kappa shape index (κ1) is 15.0. The molecule has 1 aliphatic carbocycles. The molecular formula is C16H21FN4O. The van der Waals surface area contributed by atoms with Gasteiger partial charge in [-0.3, -0.25) is 9.78 Å². The molecule has 2 N–H and O–H groups in total. The van der Waals surface area contributed by atoms with Gasteiger partial charge in [0.2, 0.25) is 5.95 Å². The van der Waals surface area contributed by atoms with Crippen LogP contribution in [0.1, 0.15) is 25.7 Å². The molecule has 0 aliphatic heterocycles. The lowest BCUT2D eigenvalue weighted by atomic mass is 9.89. The van der Waals surface area contributed by atoms with Crippen LogP contribution in [0.15, 0.2) is 23.0 Å². The van der Waals surface area contributed by atoms with Gasteiger partial charge in [0, 0.05) is 12.1 Å². The second-order valence-electron chi connectivity index (χ2n) is 6.11. The molecule has 6 heteroatoms. The van der Waals surface area contributed by atoms with Crippen molar-refractivity contribution in [2.24, 2.45) is 0 Å². The quantitative estimate of drug-likeness (QED) is 0.914. The number of benzene rings is 1. The number of nitrogens with one attached hydrogen (secondary N) is 2. The summed E-state index contributed by atoms with van der Waals surface area (Å²) in [6.07, 6.45) is 4.53. The first-order valence-electron chi connectivity index (χ1n) is 7.68. The molecule has 3 rings (SSSR count). The van der Waals surface area contributed by atoms with Gasteiger partial charge in [0.05, 0.1) is 5.52 Å². The first-order chi connectivity index (χ1) is 10.6. The van der Waals surface area contributed by atoms with E-state index in [1.54, 1.807) is 12.1 Å². The van der Waals surface area contributed by atoms with Crippen LogP contribution in [0.2, 0.25) is 0 Å². The summed E-state index contributed by atoms with van der Waals surface area (Å²) in [5.41, 5.74) is -0.0636. The van der Waals surface area contributed by atoms with Gasteiger partial charge in [0.25, 0.3) is 5.56 Å². The van der Waals surface area contributed by atoms with Crippen molar-refractivity contribution in [3.8, 4) is 0 Å². The van der Waals surface area contributed by atoms with E-state index in [0.717, 1.165) is 19.3 Å². The number of anilines is 1. The number of nitrogens with zero attached hydrogens (tertiary/aromatic N) is 2. The average molecular weight is 304 g/mol. The van der Waals surface area contributed by atoms with Crippen LogP contribution in [0, 0.1) is 5.82 Å². The highest BCUT2D eigenvalue weighted by molar-refractivity contribution is 5.79. The van der Waals surface area contributed by atoms with Crippen molar-refractivity contribution in [3.05, 3.63) is 34.4 Å². The van der Waals surface area contributed by atoms with Crippen molar-refractivity contribution in [3.63, 3.8) is 0 Å². The normalized spacial score (nSPS) is 22.2. The summed E-state index contributed by atoms with van der Waals surface area (Å²) >= 11 is 0. The maximum absolute atomic E-state index is 13.7. The lowest BCUT2D eigenvalue weighted by molar-refractivity contribution is 0.211. The van der Waals surface area contributed by atoms with E-state index in [1.807, 2.05) is 0 Å². The number of H-pyrrole nitrogens is 1. The standard InChI is InChI=1S/C16H21FN4O/c1-21(2)13-9-4-3-7-11(13)18-16-19-12-8-5-6-10(17)14(12)15(22)20-16/h5-6,8,11,13H,3-4,7,9H2,1-2H3,(H2,18,19,20,22). The number of aromatic nitrogens is 2.